The molecule has 0 unspecified atom stereocenters. The van der Waals surface area contributed by atoms with Gasteiger partial charge in [-0.3, -0.25) is 9.69 Å². The number of unbranched alkanes of at least 4 members (excludes halogenated alkanes) is 12. The van der Waals surface area contributed by atoms with E-state index in [2.05, 4.69) is 71.6 Å². The molecule has 0 saturated carbocycles. The number of hydrogen-bond donors (Lipinski definition) is 0. The van der Waals surface area contributed by atoms with Crippen molar-refractivity contribution in [2.75, 3.05) is 13.3 Å². The zero-order valence-corrected chi connectivity index (χ0v) is 32.5. The van der Waals surface area contributed by atoms with E-state index in [1.54, 1.807) is 0 Å². The molecule has 1 aliphatic carbocycles. The van der Waals surface area contributed by atoms with Gasteiger partial charge in [-0.1, -0.05) is 137 Å². The maximum atomic E-state index is 13.7. The van der Waals surface area contributed by atoms with E-state index in [1.165, 1.54) is 87.3 Å². The van der Waals surface area contributed by atoms with E-state index in [9.17, 15) is 4.79 Å². The van der Waals surface area contributed by atoms with Crippen LogP contribution in [-0.2, 0) is 20.5 Å². The molecule has 48 heavy (non-hydrogen) atoms. The Morgan fingerprint density at radius 2 is 1.40 bits per heavy atom. The van der Waals surface area contributed by atoms with Crippen LogP contribution in [0.1, 0.15) is 162 Å². The second kappa shape index (κ2) is 17.4. The molecule has 0 aromatic heterocycles. The van der Waals surface area contributed by atoms with Crippen LogP contribution in [0.25, 0.3) is 0 Å². The lowest BCUT2D eigenvalue weighted by Gasteiger charge is -2.50. The Morgan fingerprint density at radius 1 is 0.833 bits per heavy atom. The summed E-state index contributed by atoms with van der Waals surface area (Å²) in [5.41, 5.74) is 5.30. The standard InChI is InChI=1S/C41H67NO5Si/c1-8-9-10-11-12-13-14-15-16-17-18-19-20-21-38(43)46-41-37(47-48(29(2)3,30(4)5)31(6)7)24-32-22-23-42-27-33-25-35-36(45-28-44-35)26-34(33)39(41)40(32)42/h24-26,29-31,37,39-41H,8-23,27-28H2,1-7H3/t37-,39-,40+,41+/m0/s1. The Balaban J connectivity index is 1.26. The molecule has 5 rings (SSSR count). The van der Waals surface area contributed by atoms with Crippen LogP contribution >= 0.6 is 0 Å². The fraction of sp³-hybridized carbons (Fsp3) is 0.780. The lowest BCUT2D eigenvalue weighted by atomic mass is 9.73. The van der Waals surface area contributed by atoms with E-state index in [4.69, 9.17) is 18.6 Å². The molecule has 6 nitrogen and oxygen atoms in total. The largest absolute Gasteiger partial charge is 0.459 e. The predicted molar refractivity (Wildman–Crippen MR) is 198 cm³/mol. The first-order chi connectivity index (χ1) is 23.2. The number of fused-ring (bicyclic) bond motifs is 3. The molecule has 0 amide bonds. The number of carbonyl (C=O) groups excluding carboxylic acids is 1. The zero-order valence-electron chi connectivity index (χ0n) is 31.5. The molecule has 1 aromatic carbocycles. The summed E-state index contributed by atoms with van der Waals surface area (Å²) in [6.45, 7) is 18.5. The zero-order chi connectivity index (χ0) is 34.3. The van der Waals surface area contributed by atoms with Gasteiger partial charge in [0.15, 0.2) is 11.5 Å². The number of rotatable bonds is 20. The quantitative estimate of drug-likeness (QED) is 0.0591. The molecule has 0 radical (unpaired) electrons. The van der Waals surface area contributed by atoms with E-state index in [0.717, 1.165) is 43.9 Å². The van der Waals surface area contributed by atoms with Crippen molar-refractivity contribution in [3.05, 3.63) is 34.9 Å². The average molecular weight is 682 g/mol. The van der Waals surface area contributed by atoms with Gasteiger partial charge in [-0.2, -0.15) is 0 Å². The average Bonchev–Trinajstić information content (AvgIpc) is 3.68. The highest BCUT2D eigenvalue weighted by molar-refractivity contribution is 6.77. The third-order valence-electron chi connectivity index (χ3n) is 12.0. The van der Waals surface area contributed by atoms with Crippen molar-refractivity contribution in [1.29, 1.82) is 0 Å². The van der Waals surface area contributed by atoms with Gasteiger partial charge < -0.3 is 18.6 Å². The lowest BCUT2D eigenvalue weighted by Crippen LogP contribution is -2.57. The number of esters is 1. The van der Waals surface area contributed by atoms with Gasteiger partial charge in [0.1, 0.15) is 12.2 Å². The molecular weight excluding hydrogens is 615 g/mol. The lowest BCUT2D eigenvalue weighted by molar-refractivity contribution is -0.156. The highest BCUT2D eigenvalue weighted by atomic mass is 28.4. The Labute approximate surface area is 293 Å². The highest BCUT2D eigenvalue weighted by Crippen LogP contribution is 2.53. The monoisotopic (exact) mass is 681 g/mol. The third-order valence-corrected chi connectivity index (χ3v) is 18.1. The molecular formula is C41H67NO5Si. The van der Waals surface area contributed by atoms with Crippen molar-refractivity contribution < 1.29 is 23.4 Å². The Hall–Kier alpha value is -1.83. The van der Waals surface area contributed by atoms with Crippen molar-refractivity contribution in [3.8, 4) is 11.5 Å². The smallest absolute Gasteiger partial charge is 0.306 e. The molecule has 0 spiro atoms. The van der Waals surface area contributed by atoms with Crippen LogP contribution in [0.5, 0.6) is 11.5 Å². The highest BCUT2D eigenvalue weighted by Gasteiger charge is 2.55. The van der Waals surface area contributed by atoms with Gasteiger partial charge in [-0.15, -0.1) is 0 Å². The first kappa shape index (κ1) is 37.4. The van der Waals surface area contributed by atoms with Crippen molar-refractivity contribution in [1.82, 2.24) is 4.90 Å². The van der Waals surface area contributed by atoms with Crippen LogP contribution < -0.4 is 9.47 Å². The van der Waals surface area contributed by atoms with Crippen molar-refractivity contribution in [2.24, 2.45) is 0 Å². The SMILES string of the molecule is CCCCCCCCCCCCCCCC(=O)O[C@H]1[C@H]2c3cc4c(cc3CN3CCC(=C[C@@H]1O[Si](C(C)C)(C(C)C)C(C)C)[C@H]23)OCO4. The summed E-state index contributed by atoms with van der Waals surface area (Å²) in [5.74, 6) is 1.58. The molecule has 1 aromatic rings. The number of benzene rings is 1. The summed E-state index contributed by atoms with van der Waals surface area (Å²) < 4.78 is 25.9. The summed E-state index contributed by atoms with van der Waals surface area (Å²) in [6.07, 6.45) is 20.1. The predicted octanol–water partition coefficient (Wildman–Crippen LogP) is 11.0. The first-order valence-corrected chi connectivity index (χ1v) is 22.1. The summed E-state index contributed by atoms with van der Waals surface area (Å²) in [5, 5.41) is 0. The summed E-state index contributed by atoms with van der Waals surface area (Å²) in [7, 11) is -2.26. The van der Waals surface area contributed by atoms with Gasteiger partial charge in [0.25, 0.3) is 0 Å². The minimum Gasteiger partial charge on any atom is -0.459 e. The molecule has 0 bridgehead atoms. The van der Waals surface area contributed by atoms with Crippen molar-refractivity contribution in [2.45, 2.75) is 192 Å². The van der Waals surface area contributed by atoms with E-state index in [0.29, 0.717) is 23.0 Å². The molecule has 270 valence electrons. The van der Waals surface area contributed by atoms with Gasteiger partial charge in [0, 0.05) is 31.5 Å². The van der Waals surface area contributed by atoms with Gasteiger partial charge >= 0.3 is 5.97 Å². The molecule has 4 atom stereocenters. The number of carbonyl (C=O) groups is 1. The normalized spacial score (nSPS) is 23.2. The molecule has 1 saturated heterocycles. The molecule has 3 heterocycles. The van der Waals surface area contributed by atoms with E-state index < -0.39 is 8.32 Å². The number of nitrogens with zero attached hydrogens (tertiary/aromatic N) is 1. The van der Waals surface area contributed by atoms with Gasteiger partial charge in [0.05, 0.1) is 0 Å². The van der Waals surface area contributed by atoms with Gasteiger partial charge in [-0.05, 0) is 52.7 Å². The second-order valence-electron chi connectivity index (χ2n) is 16.2. The minimum atomic E-state index is -2.26. The fourth-order valence-corrected chi connectivity index (χ4v) is 15.2. The molecule has 4 aliphatic rings. The van der Waals surface area contributed by atoms with Gasteiger partial charge in [-0.25, -0.2) is 0 Å². The van der Waals surface area contributed by atoms with Crippen molar-refractivity contribution >= 4 is 14.3 Å². The Morgan fingerprint density at radius 3 is 1.98 bits per heavy atom. The third kappa shape index (κ3) is 8.37. The Kier molecular flexibility index (Phi) is 13.6. The molecule has 0 N–H and O–H groups in total. The van der Waals surface area contributed by atoms with E-state index >= 15 is 0 Å². The maximum Gasteiger partial charge on any atom is 0.306 e. The topological polar surface area (TPSA) is 57.2 Å². The number of ether oxygens (including phenoxy) is 3. The first-order valence-electron chi connectivity index (χ1n) is 19.9. The fourth-order valence-electron chi connectivity index (χ4n) is 9.70. The second-order valence-corrected chi connectivity index (χ2v) is 21.6. The summed E-state index contributed by atoms with van der Waals surface area (Å²) >= 11 is 0. The molecule has 1 fully saturated rings. The maximum absolute atomic E-state index is 13.7. The van der Waals surface area contributed by atoms with Crippen LogP contribution in [0.4, 0.5) is 0 Å². The summed E-state index contributed by atoms with van der Waals surface area (Å²) in [4.78, 5) is 16.3. The van der Waals surface area contributed by atoms with Crippen LogP contribution in [0.15, 0.2) is 23.8 Å². The minimum absolute atomic E-state index is 0.0181. The van der Waals surface area contributed by atoms with Crippen molar-refractivity contribution in [3.63, 3.8) is 0 Å². The molecule has 3 aliphatic heterocycles. The Bertz CT molecular complexity index is 1210. The van der Waals surface area contributed by atoms with E-state index in [-0.39, 0.29) is 36.9 Å². The van der Waals surface area contributed by atoms with Gasteiger partial charge in [0.2, 0.25) is 15.1 Å². The van der Waals surface area contributed by atoms with Crippen LogP contribution in [0.2, 0.25) is 16.6 Å². The van der Waals surface area contributed by atoms with Crippen LogP contribution in [0.3, 0.4) is 0 Å². The van der Waals surface area contributed by atoms with Crippen LogP contribution in [0, 0.1) is 0 Å². The van der Waals surface area contributed by atoms with E-state index in [1.807, 2.05) is 0 Å². The van der Waals surface area contributed by atoms with Crippen LogP contribution in [-0.4, -0.2) is 50.8 Å². The molecule has 7 heteroatoms. The number of hydrogen-bond acceptors (Lipinski definition) is 6. The summed E-state index contributed by atoms with van der Waals surface area (Å²) in [6, 6.07) is 4.59.